The van der Waals surface area contributed by atoms with Crippen LogP contribution in [-0.4, -0.2) is 48.2 Å². The van der Waals surface area contributed by atoms with Crippen LogP contribution in [0.4, 0.5) is 9.18 Å². The normalized spacial score (nSPS) is 18.0. The molecular formula is C17H23FN2O4. The third-order valence-corrected chi connectivity index (χ3v) is 4.40. The van der Waals surface area contributed by atoms with E-state index in [9.17, 15) is 14.0 Å². The number of halogens is 1. The Morgan fingerprint density at radius 2 is 1.96 bits per heavy atom. The second kappa shape index (κ2) is 8.10. The zero-order chi connectivity index (χ0) is 17.7. The lowest BCUT2D eigenvalue weighted by Gasteiger charge is -2.32. The maximum atomic E-state index is 13.9. The van der Waals surface area contributed by atoms with Gasteiger partial charge >= 0.3 is 12.0 Å². The monoisotopic (exact) mass is 338 g/mol. The first kappa shape index (κ1) is 18.2. The van der Waals surface area contributed by atoms with Crippen LogP contribution in [0.2, 0.25) is 0 Å². The lowest BCUT2D eigenvalue weighted by Crippen LogP contribution is -2.49. The molecule has 2 amide bonds. The summed E-state index contributed by atoms with van der Waals surface area (Å²) in [5.74, 6) is -1.59. The quantitative estimate of drug-likeness (QED) is 0.864. The molecule has 0 radical (unpaired) electrons. The van der Waals surface area contributed by atoms with E-state index in [1.54, 1.807) is 30.0 Å². The van der Waals surface area contributed by atoms with Gasteiger partial charge in [-0.15, -0.1) is 0 Å². The van der Waals surface area contributed by atoms with Crippen molar-refractivity contribution >= 4 is 12.0 Å². The molecule has 1 aromatic carbocycles. The smallest absolute Gasteiger partial charge is 0.317 e. The van der Waals surface area contributed by atoms with Crippen LogP contribution in [0.5, 0.6) is 0 Å². The zero-order valence-electron chi connectivity index (χ0n) is 13.9. The molecule has 1 aliphatic rings. The van der Waals surface area contributed by atoms with Crippen LogP contribution in [0.3, 0.4) is 0 Å². The maximum Gasteiger partial charge on any atom is 0.317 e. The number of urea groups is 1. The van der Waals surface area contributed by atoms with Gasteiger partial charge in [0.25, 0.3) is 0 Å². The van der Waals surface area contributed by atoms with E-state index in [0.717, 1.165) is 0 Å². The molecule has 0 bridgehead atoms. The van der Waals surface area contributed by atoms with E-state index < -0.39 is 24.0 Å². The number of likely N-dealkylation sites (tertiary alicyclic amines) is 1. The lowest BCUT2D eigenvalue weighted by atomic mass is 9.97. The number of hydrogen-bond donors (Lipinski definition) is 2. The van der Waals surface area contributed by atoms with Crippen LogP contribution in [0.15, 0.2) is 24.3 Å². The number of benzene rings is 1. The molecule has 6 nitrogen and oxygen atoms in total. The highest BCUT2D eigenvalue weighted by molar-refractivity contribution is 5.75. The van der Waals surface area contributed by atoms with Gasteiger partial charge in [-0.1, -0.05) is 18.2 Å². The van der Waals surface area contributed by atoms with E-state index in [1.165, 1.54) is 13.2 Å². The van der Waals surface area contributed by atoms with Gasteiger partial charge in [-0.3, -0.25) is 4.79 Å². The standard InChI is InChI=1S/C17H23FN2O4/c1-11(15(24-2)13-5-3-4-6-14(13)18)19-17(23)20-9-7-12(8-10-20)16(21)22/h3-6,11-12,15H,7-10H2,1-2H3,(H,19,23)(H,21,22). The van der Waals surface area contributed by atoms with Crippen molar-refractivity contribution in [3.63, 3.8) is 0 Å². The second-order valence-electron chi connectivity index (χ2n) is 6.02. The number of hydrogen-bond acceptors (Lipinski definition) is 3. The van der Waals surface area contributed by atoms with E-state index in [1.807, 2.05) is 0 Å². The Morgan fingerprint density at radius 3 is 2.50 bits per heavy atom. The van der Waals surface area contributed by atoms with E-state index in [2.05, 4.69) is 5.32 Å². The molecule has 0 aliphatic carbocycles. The third-order valence-electron chi connectivity index (χ3n) is 4.40. The number of carbonyl (C=O) groups excluding carboxylic acids is 1. The number of aliphatic carboxylic acids is 1. The molecule has 0 aromatic heterocycles. The predicted octanol–water partition coefficient (Wildman–Crippen LogP) is 2.41. The van der Waals surface area contributed by atoms with Gasteiger partial charge in [-0.2, -0.15) is 0 Å². The SMILES string of the molecule is COC(c1ccccc1F)C(C)NC(=O)N1CCC(C(=O)O)CC1. The maximum absolute atomic E-state index is 13.9. The number of piperidine rings is 1. The fourth-order valence-electron chi connectivity index (χ4n) is 3.00. The molecule has 2 atom stereocenters. The van der Waals surface area contributed by atoms with Gasteiger partial charge in [-0.05, 0) is 25.8 Å². The van der Waals surface area contributed by atoms with Crippen molar-refractivity contribution in [1.82, 2.24) is 10.2 Å². The first-order chi connectivity index (χ1) is 11.4. The highest BCUT2D eigenvalue weighted by Crippen LogP contribution is 2.24. The van der Waals surface area contributed by atoms with Crippen molar-refractivity contribution in [3.8, 4) is 0 Å². The minimum Gasteiger partial charge on any atom is -0.481 e. The predicted molar refractivity (Wildman–Crippen MR) is 86.1 cm³/mol. The molecular weight excluding hydrogens is 315 g/mol. The van der Waals surface area contributed by atoms with Crippen LogP contribution in [0, 0.1) is 11.7 Å². The third kappa shape index (κ3) is 4.23. The summed E-state index contributed by atoms with van der Waals surface area (Å²) in [6.45, 7) is 2.54. The summed E-state index contributed by atoms with van der Waals surface area (Å²) in [5.41, 5.74) is 0.386. The Kier molecular flexibility index (Phi) is 6.14. The molecule has 24 heavy (non-hydrogen) atoms. The minimum atomic E-state index is -0.817. The molecule has 1 fully saturated rings. The van der Waals surface area contributed by atoms with Crippen molar-refractivity contribution in [2.75, 3.05) is 20.2 Å². The van der Waals surface area contributed by atoms with Gasteiger partial charge in [0.1, 0.15) is 11.9 Å². The number of nitrogens with zero attached hydrogens (tertiary/aromatic N) is 1. The van der Waals surface area contributed by atoms with Crippen molar-refractivity contribution < 1.29 is 23.8 Å². The fourth-order valence-corrected chi connectivity index (χ4v) is 3.00. The summed E-state index contributed by atoms with van der Waals surface area (Å²) in [6, 6.07) is 5.58. The van der Waals surface area contributed by atoms with Gasteiger partial charge in [0.05, 0.1) is 12.0 Å². The van der Waals surface area contributed by atoms with Gasteiger partial charge in [0, 0.05) is 25.8 Å². The number of nitrogens with one attached hydrogen (secondary N) is 1. The summed E-state index contributed by atoms with van der Waals surface area (Å²) in [4.78, 5) is 24.9. The number of rotatable bonds is 5. The molecule has 1 aromatic rings. The topological polar surface area (TPSA) is 78.9 Å². The van der Waals surface area contributed by atoms with Crippen LogP contribution < -0.4 is 5.32 Å². The van der Waals surface area contributed by atoms with E-state index in [-0.39, 0.29) is 11.8 Å². The molecule has 1 heterocycles. The Bertz CT molecular complexity index is 588. The summed E-state index contributed by atoms with van der Waals surface area (Å²) in [7, 11) is 1.47. The van der Waals surface area contributed by atoms with Crippen LogP contribution in [0.25, 0.3) is 0 Å². The summed E-state index contributed by atoms with van der Waals surface area (Å²) in [5, 5.41) is 11.8. The molecule has 1 aliphatic heterocycles. The lowest BCUT2D eigenvalue weighted by molar-refractivity contribution is -0.143. The average Bonchev–Trinajstić information content (AvgIpc) is 2.57. The molecule has 1 saturated heterocycles. The first-order valence-corrected chi connectivity index (χ1v) is 7.99. The number of carboxylic acid groups (broad SMARTS) is 1. The number of amides is 2. The van der Waals surface area contributed by atoms with Gasteiger partial charge < -0.3 is 20.1 Å². The highest BCUT2D eigenvalue weighted by atomic mass is 19.1. The number of ether oxygens (including phenoxy) is 1. The van der Waals surface area contributed by atoms with Gasteiger partial charge in [0.2, 0.25) is 0 Å². The zero-order valence-corrected chi connectivity index (χ0v) is 13.9. The molecule has 0 spiro atoms. The number of methoxy groups -OCH3 is 1. The summed E-state index contributed by atoms with van der Waals surface area (Å²) in [6.07, 6.45) is 0.280. The Hall–Kier alpha value is -2.15. The molecule has 7 heteroatoms. The van der Waals surface area contributed by atoms with E-state index in [0.29, 0.717) is 31.5 Å². The van der Waals surface area contributed by atoms with Crippen LogP contribution in [-0.2, 0) is 9.53 Å². The summed E-state index contributed by atoms with van der Waals surface area (Å²) >= 11 is 0. The van der Waals surface area contributed by atoms with Crippen molar-refractivity contribution in [2.24, 2.45) is 5.92 Å². The molecule has 0 saturated carbocycles. The largest absolute Gasteiger partial charge is 0.481 e. The Balaban J connectivity index is 1.95. The number of carbonyl (C=O) groups is 2. The highest BCUT2D eigenvalue weighted by Gasteiger charge is 2.29. The molecule has 2 unspecified atom stereocenters. The number of carboxylic acids is 1. The summed E-state index contributed by atoms with van der Waals surface area (Å²) < 4.78 is 19.3. The molecule has 2 N–H and O–H groups in total. The average molecular weight is 338 g/mol. The first-order valence-electron chi connectivity index (χ1n) is 7.99. The molecule has 132 valence electrons. The van der Waals surface area contributed by atoms with E-state index in [4.69, 9.17) is 9.84 Å². The Labute approximate surface area is 140 Å². The van der Waals surface area contributed by atoms with Crippen molar-refractivity contribution in [2.45, 2.75) is 31.9 Å². The van der Waals surface area contributed by atoms with Crippen LogP contribution in [0.1, 0.15) is 31.4 Å². The van der Waals surface area contributed by atoms with Crippen molar-refractivity contribution in [1.29, 1.82) is 0 Å². The minimum absolute atomic E-state index is 0.287. The Morgan fingerprint density at radius 1 is 1.33 bits per heavy atom. The van der Waals surface area contributed by atoms with Gasteiger partial charge in [-0.25, -0.2) is 9.18 Å². The fraction of sp³-hybridized carbons (Fsp3) is 0.529. The van der Waals surface area contributed by atoms with Crippen LogP contribution >= 0.6 is 0 Å². The van der Waals surface area contributed by atoms with Gasteiger partial charge in [0.15, 0.2) is 0 Å². The van der Waals surface area contributed by atoms with E-state index >= 15 is 0 Å². The molecule has 2 rings (SSSR count). The van der Waals surface area contributed by atoms with Crippen molar-refractivity contribution in [3.05, 3.63) is 35.6 Å². The second-order valence-corrected chi connectivity index (χ2v) is 6.02.